The molecule has 4 aromatic carbocycles. The molecule has 0 saturated heterocycles. The molecule has 0 spiro atoms. The van der Waals surface area contributed by atoms with Crippen LogP contribution in [0.15, 0.2) is 97.1 Å². The molecule has 0 aromatic heterocycles. The smallest absolute Gasteiger partial charge is 0.00671 e. The van der Waals surface area contributed by atoms with Crippen LogP contribution in [0.2, 0.25) is 0 Å². The Morgan fingerprint density at radius 2 is 1.14 bits per heavy atom. The van der Waals surface area contributed by atoms with E-state index in [1.807, 2.05) is 0 Å². The van der Waals surface area contributed by atoms with Crippen LogP contribution in [0, 0.1) is 6.92 Å². The Kier molecular flexibility index (Phi) is 7.56. The van der Waals surface area contributed by atoms with Gasteiger partial charge in [0.2, 0.25) is 0 Å². The summed E-state index contributed by atoms with van der Waals surface area (Å²) in [7, 11) is 0. The number of hydrogen-bond donors (Lipinski definition) is 0. The molecule has 0 heteroatoms. The number of rotatable bonds is 2. The predicted molar refractivity (Wildman–Crippen MR) is 132 cm³/mol. The average molecular weight is 381 g/mol. The highest BCUT2D eigenvalue weighted by Crippen LogP contribution is 2.36. The second-order valence-electron chi connectivity index (χ2n) is 6.92. The molecule has 0 radical (unpaired) electrons. The highest BCUT2D eigenvalue weighted by atomic mass is 14.1. The van der Waals surface area contributed by atoms with Gasteiger partial charge in [-0.15, -0.1) is 0 Å². The summed E-state index contributed by atoms with van der Waals surface area (Å²) in [5.41, 5.74) is 5.28. The van der Waals surface area contributed by atoms with Crippen molar-refractivity contribution in [2.75, 3.05) is 0 Å². The lowest BCUT2D eigenvalue weighted by atomic mass is 9.90. The van der Waals surface area contributed by atoms with E-state index in [9.17, 15) is 0 Å². The maximum Gasteiger partial charge on any atom is -0.00671 e. The number of aryl methyl sites for hydroxylation is 2. The van der Waals surface area contributed by atoms with E-state index in [1.165, 1.54) is 43.8 Å². The molecular formula is C29H32. The van der Waals surface area contributed by atoms with E-state index in [2.05, 4.69) is 111 Å². The van der Waals surface area contributed by atoms with E-state index in [1.54, 1.807) is 0 Å². The van der Waals surface area contributed by atoms with Gasteiger partial charge in [-0.25, -0.2) is 0 Å². The van der Waals surface area contributed by atoms with Crippen LogP contribution in [0.25, 0.3) is 32.7 Å². The summed E-state index contributed by atoms with van der Waals surface area (Å²) in [5.74, 6) is 0. The van der Waals surface area contributed by atoms with Crippen LogP contribution in [0.1, 0.15) is 32.9 Å². The molecule has 0 amide bonds. The third kappa shape index (κ3) is 4.32. The van der Waals surface area contributed by atoms with Crippen LogP contribution in [-0.4, -0.2) is 0 Å². The molecule has 29 heavy (non-hydrogen) atoms. The minimum absolute atomic E-state index is 0. The van der Waals surface area contributed by atoms with Gasteiger partial charge in [0.25, 0.3) is 0 Å². The lowest BCUT2D eigenvalue weighted by molar-refractivity contribution is 1.15. The summed E-state index contributed by atoms with van der Waals surface area (Å²) in [6, 6.07) is 34.9. The first kappa shape index (κ1) is 22.2. The summed E-state index contributed by atoms with van der Waals surface area (Å²) in [4.78, 5) is 0. The molecule has 0 nitrogen and oxygen atoms in total. The van der Waals surface area contributed by atoms with Crippen molar-refractivity contribution in [2.24, 2.45) is 0 Å². The summed E-state index contributed by atoms with van der Waals surface area (Å²) in [6.45, 7) is 4.44. The maximum atomic E-state index is 2.26. The van der Waals surface area contributed by atoms with Crippen molar-refractivity contribution in [1.82, 2.24) is 0 Å². The first-order chi connectivity index (χ1) is 13.3. The molecule has 0 aliphatic heterocycles. The Balaban J connectivity index is 0.00000150. The Bertz CT molecular complexity index is 1160. The number of benzene rings is 3. The molecule has 148 valence electrons. The minimum Gasteiger partial charge on any atom is -0.0776 e. The molecule has 0 atom stereocenters. The Morgan fingerprint density at radius 1 is 0.552 bits per heavy atom. The summed E-state index contributed by atoms with van der Waals surface area (Å²) < 4.78 is 0. The van der Waals surface area contributed by atoms with E-state index in [-0.39, 0.29) is 14.9 Å². The number of hydrogen-bond acceptors (Lipinski definition) is 0. The van der Waals surface area contributed by atoms with Crippen molar-refractivity contribution in [1.29, 1.82) is 0 Å². The topological polar surface area (TPSA) is 0 Å². The van der Waals surface area contributed by atoms with Crippen LogP contribution in [0.3, 0.4) is 0 Å². The van der Waals surface area contributed by atoms with E-state index in [0.717, 1.165) is 6.42 Å². The molecule has 0 aliphatic rings. The molecule has 0 aliphatic carbocycles. The van der Waals surface area contributed by atoms with Gasteiger partial charge in [0.15, 0.2) is 0 Å². The van der Waals surface area contributed by atoms with Crippen molar-refractivity contribution >= 4 is 21.5 Å². The SMILES string of the molecule is C.C.CCc1cccccc(C)c2ccccc2c1-c1cccc2ccccc12. The highest BCUT2D eigenvalue weighted by Gasteiger charge is 2.10. The average Bonchev–Trinajstić information content (AvgIpc) is 2.72. The van der Waals surface area contributed by atoms with Gasteiger partial charge in [-0.3, -0.25) is 0 Å². The van der Waals surface area contributed by atoms with E-state index >= 15 is 0 Å². The van der Waals surface area contributed by atoms with Gasteiger partial charge >= 0.3 is 0 Å². The zero-order valence-electron chi connectivity index (χ0n) is 15.9. The third-order valence-electron chi connectivity index (χ3n) is 5.25. The van der Waals surface area contributed by atoms with Gasteiger partial charge in [0, 0.05) is 0 Å². The Labute approximate surface area is 176 Å². The van der Waals surface area contributed by atoms with Gasteiger partial charge < -0.3 is 0 Å². The summed E-state index contributed by atoms with van der Waals surface area (Å²) >= 11 is 0. The second-order valence-corrected chi connectivity index (χ2v) is 6.92. The third-order valence-corrected chi connectivity index (χ3v) is 5.25. The Morgan fingerprint density at radius 3 is 1.90 bits per heavy atom. The first-order valence-electron chi connectivity index (χ1n) is 9.62. The van der Waals surface area contributed by atoms with Crippen molar-refractivity contribution in [3.05, 3.63) is 108 Å². The normalized spacial score (nSPS) is 10.0. The zero-order chi connectivity index (χ0) is 18.6. The lowest BCUT2D eigenvalue weighted by Crippen LogP contribution is -1.90. The molecule has 0 bridgehead atoms. The van der Waals surface area contributed by atoms with Crippen molar-refractivity contribution in [3.8, 4) is 11.1 Å². The second kappa shape index (κ2) is 9.89. The molecule has 0 N–H and O–H groups in total. The lowest BCUT2D eigenvalue weighted by Gasteiger charge is -2.13. The molecule has 0 saturated carbocycles. The zero-order valence-corrected chi connectivity index (χ0v) is 15.9. The fourth-order valence-corrected chi connectivity index (χ4v) is 3.88. The van der Waals surface area contributed by atoms with Crippen molar-refractivity contribution in [2.45, 2.75) is 35.1 Å². The standard InChI is InChI=1S/C27H24.2CH4/c1-3-21-13-6-4-5-12-20(2)23-16-9-10-18-25(23)27(21)26-19-11-15-22-14-7-8-17-24(22)26;;/h4-19H,3H2,1-2H3;2*1H4. The van der Waals surface area contributed by atoms with Crippen LogP contribution in [0.5, 0.6) is 0 Å². The quantitative estimate of drug-likeness (QED) is 0.325. The van der Waals surface area contributed by atoms with Crippen LogP contribution in [-0.2, 0) is 6.42 Å². The van der Waals surface area contributed by atoms with E-state index in [4.69, 9.17) is 0 Å². The molecule has 0 fully saturated rings. The maximum absolute atomic E-state index is 2.26. The Hall–Kier alpha value is -3.12. The molecule has 4 rings (SSSR count). The van der Waals surface area contributed by atoms with E-state index < -0.39 is 0 Å². The van der Waals surface area contributed by atoms with Gasteiger partial charge in [0.05, 0.1) is 0 Å². The van der Waals surface area contributed by atoms with Gasteiger partial charge in [-0.2, -0.15) is 0 Å². The minimum atomic E-state index is 0. The van der Waals surface area contributed by atoms with Gasteiger partial charge in [0.1, 0.15) is 0 Å². The van der Waals surface area contributed by atoms with Crippen LogP contribution >= 0.6 is 0 Å². The largest absolute Gasteiger partial charge is 0.0776 e. The monoisotopic (exact) mass is 380 g/mol. The van der Waals surface area contributed by atoms with Crippen molar-refractivity contribution < 1.29 is 0 Å². The highest BCUT2D eigenvalue weighted by molar-refractivity contribution is 6.06. The first-order valence-corrected chi connectivity index (χ1v) is 9.62. The fraction of sp³-hybridized carbons (Fsp3) is 0.172. The van der Waals surface area contributed by atoms with Crippen molar-refractivity contribution in [3.63, 3.8) is 0 Å². The predicted octanol–water partition coefficient (Wildman–Crippen LogP) is 8.93. The number of fused-ring (bicyclic) bond motifs is 2. The molecule has 0 heterocycles. The van der Waals surface area contributed by atoms with Crippen LogP contribution < -0.4 is 0 Å². The molecular weight excluding hydrogens is 348 g/mol. The molecule has 4 aromatic rings. The van der Waals surface area contributed by atoms with Gasteiger partial charge in [-0.1, -0.05) is 119 Å². The fourth-order valence-electron chi connectivity index (χ4n) is 3.88. The van der Waals surface area contributed by atoms with E-state index in [0.29, 0.717) is 0 Å². The summed E-state index contributed by atoms with van der Waals surface area (Å²) in [6.07, 6.45) is 0.986. The molecule has 0 unspecified atom stereocenters. The van der Waals surface area contributed by atoms with Gasteiger partial charge in [-0.05, 0) is 57.1 Å². The summed E-state index contributed by atoms with van der Waals surface area (Å²) in [5, 5.41) is 5.19. The van der Waals surface area contributed by atoms with Crippen LogP contribution in [0.4, 0.5) is 0 Å².